The standard InChI is InChI=1S/C12H22N2O3S/c1-9-8-18(16,17)6-5-14(9)12(15)10-3-2-4-11(13)7-10/h9-11H,2-8,13H2,1H3. The minimum absolute atomic E-state index is 0.00277. The molecular weight excluding hydrogens is 252 g/mol. The van der Waals surface area contributed by atoms with Gasteiger partial charge in [-0.15, -0.1) is 0 Å². The third-order valence-electron chi connectivity index (χ3n) is 4.02. The van der Waals surface area contributed by atoms with E-state index in [1.54, 1.807) is 4.90 Å². The number of sulfone groups is 1. The average molecular weight is 274 g/mol. The summed E-state index contributed by atoms with van der Waals surface area (Å²) in [6.45, 7) is 2.16. The first kappa shape index (κ1) is 13.8. The van der Waals surface area contributed by atoms with Gasteiger partial charge in [-0.05, 0) is 26.2 Å². The molecule has 5 nitrogen and oxygen atoms in total. The van der Waals surface area contributed by atoms with Gasteiger partial charge < -0.3 is 10.6 Å². The molecule has 1 amide bonds. The maximum Gasteiger partial charge on any atom is 0.226 e. The van der Waals surface area contributed by atoms with E-state index in [-0.39, 0.29) is 35.4 Å². The number of rotatable bonds is 1. The van der Waals surface area contributed by atoms with Crippen molar-refractivity contribution >= 4 is 15.7 Å². The molecule has 0 aromatic carbocycles. The van der Waals surface area contributed by atoms with Gasteiger partial charge in [0.2, 0.25) is 5.91 Å². The molecule has 1 saturated heterocycles. The maximum atomic E-state index is 12.4. The Balaban J connectivity index is 2.01. The van der Waals surface area contributed by atoms with Crippen molar-refractivity contribution in [2.45, 2.75) is 44.7 Å². The highest BCUT2D eigenvalue weighted by atomic mass is 32.2. The molecule has 2 fully saturated rings. The van der Waals surface area contributed by atoms with Gasteiger partial charge in [0.15, 0.2) is 9.84 Å². The van der Waals surface area contributed by atoms with Crippen molar-refractivity contribution in [3.8, 4) is 0 Å². The molecule has 1 aliphatic carbocycles. The molecule has 2 aliphatic rings. The third-order valence-corrected chi connectivity index (χ3v) is 5.81. The zero-order chi connectivity index (χ0) is 13.3. The Morgan fingerprint density at radius 1 is 1.33 bits per heavy atom. The lowest BCUT2D eigenvalue weighted by Gasteiger charge is -2.37. The van der Waals surface area contributed by atoms with Gasteiger partial charge in [0.25, 0.3) is 0 Å². The molecular formula is C12H22N2O3S. The molecule has 6 heteroatoms. The molecule has 0 bridgehead atoms. The summed E-state index contributed by atoms with van der Waals surface area (Å²) in [5.41, 5.74) is 5.90. The van der Waals surface area contributed by atoms with Crippen LogP contribution in [0.15, 0.2) is 0 Å². The van der Waals surface area contributed by atoms with Crippen molar-refractivity contribution in [3.63, 3.8) is 0 Å². The monoisotopic (exact) mass is 274 g/mol. The Labute approximate surface area is 109 Å². The predicted molar refractivity (Wildman–Crippen MR) is 69.8 cm³/mol. The normalized spacial score (nSPS) is 36.3. The first-order valence-electron chi connectivity index (χ1n) is 6.65. The van der Waals surface area contributed by atoms with Gasteiger partial charge in [0, 0.05) is 24.5 Å². The maximum absolute atomic E-state index is 12.4. The van der Waals surface area contributed by atoms with E-state index in [1.807, 2.05) is 6.92 Å². The second-order valence-electron chi connectivity index (χ2n) is 5.62. The number of carbonyl (C=O) groups is 1. The van der Waals surface area contributed by atoms with Crippen molar-refractivity contribution in [1.82, 2.24) is 4.90 Å². The van der Waals surface area contributed by atoms with Crippen LogP contribution in [0, 0.1) is 5.92 Å². The summed E-state index contributed by atoms with van der Waals surface area (Å²) in [5.74, 6) is 0.295. The zero-order valence-electron chi connectivity index (χ0n) is 10.8. The molecule has 0 aromatic rings. The molecule has 2 rings (SSSR count). The van der Waals surface area contributed by atoms with Crippen molar-refractivity contribution in [2.24, 2.45) is 11.7 Å². The fraction of sp³-hybridized carbons (Fsp3) is 0.917. The Hall–Kier alpha value is -0.620. The molecule has 18 heavy (non-hydrogen) atoms. The molecule has 3 unspecified atom stereocenters. The Bertz CT molecular complexity index is 421. The highest BCUT2D eigenvalue weighted by Gasteiger charge is 2.35. The van der Waals surface area contributed by atoms with Crippen LogP contribution < -0.4 is 5.73 Å². The van der Waals surface area contributed by atoms with Crippen molar-refractivity contribution in [1.29, 1.82) is 0 Å². The summed E-state index contributed by atoms with van der Waals surface area (Å²) < 4.78 is 23.0. The van der Waals surface area contributed by atoms with E-state index in [2.05, 4.69) is 0 Å². The molecule has 0 spiro atoms. The first-order valence-corrected chi connectivity index (χ1v) is 8.47. The largest absolute Gasteiger partial charge is 0.338 e. The fourth-order valence-corrected chi connectivity index (χ4v) is 4.57. The summed E-state index contributed by atoms with van der Waals surface area (Å²) in [5, 5.41) is 0. The topological polar surface area (TPSA) is 80.5 Å². The minimum atomic E-state index is -2.96. The molecule has 0 aromatic heterocycles. The first-order chi connectivity index (χ1) is 8.39. The van der Waals surface area contributed by atoms with Crippen LogP contribution in [0.1, 0.15) is 32.6 Å². The van der Waals surface area contributed by atoms with Crippen LogP contribution in [0.5, 0.6) is 0 Å². The van der Waals surface area contributed by atoms with E-state index in [1.165, 1.54) is 0 Å². The highest BCUT2D eigenvalue weighted by molar-refractivity contribution is 7.91. The van der Waals surface area contributed by atoms with Crippen LogP contribution in [0.3, 0.4) is 0 Å². The van der Waals surface area contributed by atoms with Crippen LogP contribution >= 0.6 is 0 Å². The van der Waals surface area contributed by atoms with Crippen molar-refractivity contribution < 1.29 is 13.2 Å². The van der Waals surface area contributed by atoms with Gasteiger partial charge in [-0.3, -0.25) is 4.79 Å². The number of hydrogen-bond donors (Lipinski definition) is 1. The molecule has 1 aliphatic heterocycles. The van der Waals surface area contributed by atoms with E-state index in [0.717, 1.165) is 25.7 Å². The van der Waals surface area contributed by atoms with Gasteiger partial charge in [-0.2, -0.15) is 0 Å². The van der Waals surface area contributed by atoms with E-state index in [0.29, 0.717) is 6.54 Å². The number of nitrogens with zero attached hydrogens (tertiary/aromatic N) is 1. The number of carbonyl (C=O) groups excluding carboxylic acids is 1. The lowest BCUT2D eigenvalue weighted by atomic mass is 9.85. The van der Waals surface area contributed by atoms with E-state index >= 15 is 0 Å². The number of amides is 1. The molecule has 0 radical (unpaired) electrons. The summed E-state index contributed by atoms with van der Waals surface area (Å²) in [6, 6.07) is -0.0778. The highest BCUT2D eigenvalue weighted by Crippen LogP contribution is 2.26. The molecule has 1 saturated carbocycles. The molecule has 1 heterocycles. The molecule has 3 atom stereocenters. The van der Waals surface area contributed by atoms with Crippen molar-refractivity contribution in [2.75, 3.05) is 18.1 Å². The number of nitrogens with two attached hydrogens (primary N) is 1. The lowest BCUT2D eigenvalue weighted by Crippen LogP contribution is -2.52. The van der Waals surface area contributed by atoms with Crippen LogP contribution in [0.4, 0.5) is 0 Å². The average Bonchev–Trinajstić information content (AvgIpc) is 2.27. The van der Waals surface area contributed by atoms with Gasteiger partial charge in [-0.25, -0.2) is 8.42 Å². The van der Waals surface area contributed by atoms with Crippen molar-refractivity contribution in [3.05, 3.63) is 0 Å². The fourth-order valence-electron chi connectivity index (χ4n) is 3.01. The van der Waals surface area contributed by atoms with Crippen LogP contribution in [-0.4, -0.2) is 49.4 Å². The van der Waals surface area contributed by atoms with Crippen LogP contribution in [0.25, 0.3) is 0 Å². The second kappa shape index (κ2) is 5.17. The van der Waals surface area contributed by atoms with E-state index < -0.39 is 9.84 Å². The van der Waals surface area contributed by atoms with E-state index in [9.17, 15) is 13.2 Å². The van der Waals surface area contributed by atoms with E-state index in [4.69, 9.17) is 5.73 Å². The minimum Gasteiger partial charge on any atom is -0.338 e. The smallest absolute Gasteiger partial charge is 0.226 e. The number of hydrogen-bond acceptors (Lipinski definition) is 4. The zero-order valence-corrected chi connectivity index (χ0v) is 11.7. The van der Waals surface area contributed by atoms with Gasteiger partial charge in [0.1, 0.15) is 0 Å². The van der Waals surface area contributed by atoms with Crippen LogP contribution in [0.2, 0.25) is 0 Å². The molecule has 2 N–H and O–H groups in total. The summed E-state index contributed by atoms with van der Waals surface area (Å²) in [7, 11) is -2.96. The quantitative estimate of drug-likeness (QED) is 0.738. The predicted octanol–water partition coefficient (Wildman–Crippen LogP) is 0.149. The summed E-state index contributed by atoms with van der Waals surface area (Å²) in [4.78, 5) is 14.1. The SMILES string of the molecule is CC1CS(=O)(=O)CCN1C(=O)C1CCCC(N)C1. The third kappa shape index (κ3) is 3.03. The second-order valence-corrected chi connectivity index (χ2v) is 7.85. The Kier molecular flexibility index (Phi) is 3.96. The van der Waals surface area contributed by atoms with Gasteiger partial charge in [0.05, 0.1) is 11.5 Å². The van der Waals surface area contributed by atoms with Crippen LogP contribution in [-0.2, 0) is 14.6 Å². The Morgan fingerprint density at radius 2 is 2.06 bits per heavy atom. The van der Waals surface area contributed by atoms with Gasteiger partial charge >= 0.3 is 0 Å². The molecule has 104 valence electrons. The summed E-state index contributed by atoms with van der Waals surface area (Å²) in [6.07, 6.45) is 3.63. The summed E-state index contributed by atoms with van der Waals surface area (Å²) >= 11 is 0. The van der Waals surface area contributed by atoms with Gasteiger partial charge in [-0.1, -0.05) is 6.42 Å². The Morgan fingerprint density at radius 3 is 2.67 bits per heavy atom. The lowest BCUT2D eigenvalue weighted by molar-refractivity contribution is -0.138.